The summed E-state index contributed by atoms with van der Waals surface area (Å²) in [6.45, 7) is 4.05. The number of ketones is 2. The van der Waals surface area contributed by atoms with Gasteiger partial charge in [0, 0.05) is 0 Å². The lowest BCUT2D eigenvalue weighted by Gasteiger charge is -2.03. The van der Waals surface area contributed by atoms with Gasteiger partial charge in [-0.15, -0.1) is 0 Å². The van der Waals surface area contributed by atoms with Crippen LogP contribution in [-0.2, 0) is 9.59 Å². The van der Waals surface area contributed by atoms with E-state index in [4.69, 9.17) is 4.74 Å². The largest absolute Gasteiger partial charge is 0.504 e. The molecule has 0 saturated heterocycles. The molecule has 1 N–H and O–H groups in total. The molecule has 26 heavy (non-hydrogen) atoms. The summed E-state index contributed by atoms with van der Waals surface area (Å²) in [6.07, 6.45) is 5.90. The number of phenolic OH excluding ortho intramolecular Hbond substituents is 1. The van der Waals surface area contributed by atoms with Crippen LogP contribution in [0.1, 0.15) is 28.7 Å². The van der Waals surface area contributed by atoms with Crippen LogP contribution in [0.2, 0.25) is 0 Å². The van der Waals surface area contributed by atoms with Gasteiger partial charge in [0.25, 0.3) is 0 Å². The third-order valence-corrected chi connectivity index (χ3v) is 4.01. The molecular formula is C22H22O4. The molecule has 0 fully saturated rings. The van der Waals surface area contributed by atoms with Crippen LogP contribution in [0.3, 0.4) is 0 Å². The van der Waals surface area contributed by atoms with Crippen molar-refractivity contribution in [3.8, 4) is 11.5 Å². The minimum absolute atomic E-state index is 0.0302. The average Bonchev–Trinajstić information content (AvgIpc) is 2.62. The van der Waals surface area contributed by atoms with Crippen molar-refractivity contribution in [2.45, 2.75) is 20.3 Å². The molecule has 2 aromatic carbocycles. The standard InChI is InChI=1S/C22H22O4/c1-15-4-5-17(12-16(15)2)6-9-19(23)14-20(24)10-7-18-8-11-21(25)22(13-18)26-3/h4-13,25H,14H2,1-3H3/b9-6+,10-7+. The van der Waals surface area contributed by atoms with Crippen molar-refractivity contribution in [3.63, 3.8) is 0 Å². The zero-order valence-corrected chi connectivity index (χ0v) is 15.2. The molecule has 4 heteroatoms. The number of allylic oxidation sites excluding steroid dienone is 2. The lowest BCUT2D eigenvalue weighted by atomic mass is 10.1. The quantitative estimate of drug-likeness (QED) is 0.598. The second-order valence-electron chi connectivity index (χ2n) is 6.05. The van der Waals surface area contributed by atoms with Gasteiger partial charge in [-0.3, -0.25) is 9.59 Å². The maximum absolute atomic E-state index is 11.9. The Hall–Kier alpha value is -3.14. The van der Waals surface area contributed by atoms with Gasteiger partial charge in [-0.1, -0.05) is 36.4 Å². The minimum Gasteiger partial charge on any atom is -0.504 e. The fraction of sp³-hybridized carbons (Fsp3) is 0.182. The third kappa shape index (κ3) is 5.45. The molecule has 0 amide bonds. The highest BCUT2D eigenvalue weighted by Gasteiger charge is 2.05. The number of carbonyl (C=O) groups excluding carboxylic acids is 2. The number of hydrogen-bond acceptors (Lipinski definition) is 4. The SMILES string of the molecule is COc1cc(/C=C/C(=O)CC(=O)/C=C/c2ccc(C)c(C)c2)ccc1O. The summed E-state index contributed by atoms with van der Waals surface area (Å²) >= 11 is 0. The monoisotopic (exact) mass is 350 g/mol. The van der Waals surface area contributed by atoms with Crippen molar-refractivity contribution in [2.24, 2.45) is 0 Å². The van der Waals surface area contributed by atoms with Gasteiger partial charge in [-0.25, -0.2) is 0 Å². The summed E-state index contributed by atoms with van der Waals surface area (Å²) in [6, 6.07) is 10.7. The van der Waals surface area contributed by atoms with Crippen molar-refractivity contribution in [1.82, 2.24) is 0 Å². The molecule has 0 atom stereocenters. The lowest BCUT2D eigenvalue weighted by Crippen LogP contribution is -2.01. The molecule has 0 heterocycles. The molecule has 0 bridgehead atoms. The van der Waals surface area contributed by atoms with Gasteiger partial charge in [-0.2, -0.15) is 0 Å². The van der Waals surface area contributed by atoms with E-state index in [0.717, 1.165) is 11.1 Å². The van der Waals surface area contributed by atoms with Gasteiger partial charge in [0.05, 0.1) is 13.5 Å². The highest BCUT2D eigenvalue weighted by Crippen LogP contribution is 2.26. The van der Waals surface area contributed by atoms with Gasteiger partial charge in [-0.05, 0) is 60.4 Å². The van der Waals surface area contributed by atoms with Gasteiger partial charge in [0.2, 0.25) is 0 Å². The average molecular weight is 350 g/mol. The second-order valence-corrected chi connectivity index (χ2v) is 6.05. The van der Waals surface area contributed by atoms with E-state index in [1.165, 1.54) is 30.9 Å². The Morgan fingerprint density at radius 3 is 2.08 bits per heavy atom. The fourth-order valence-corrected chi connectivity index (χ4v) is 2.33. The minimum atomic E-state index is -0.285. The highest BCUT2D eigenvalue weighted by molar-refractivity contribution is 6.10. The molecular weight excluding hydrogens is 328 g/mol. The smallest absolute Gasteiger partial charge is 0.163 e. The Kier molecular flexibility index (Phi) is 6.50. The fourth-order valence-electron chi connectivity index (χ4n) is 2.33. The van der Waals surface area contributed by atoms with Gasteiger partial charge in [0.1, 0.15) is 0 Å². The van der Waals surface area contributed by atoms with E-state index in [9.17, 15) is 14.7 Å². The van der Waals surface area contributed by atoms with E-state index >= 15 is 0 Å². The van der Waals surface area contributed by atoms with E-state index in [1.807, 2.05) is 32.0 Å². The van der Waals surface area contributed by atoms with E-state index in [-0.39, 0.29) is 23.7 Å². The molecule has 0 radical (unpaired) electrons. The highest BCUT2D eigenvalue weighted by atomic mass is 16.5. The van der Waals surface area contributed by atoms with E-state index in [2.05, 4.69) is 0 Å². The first-order valence-corrected chi connectivity index (χ1v) is 8.25. The first-order valence-electron chi connectivity index (χ1n) is 8.25. The van der Waals surface area contributed by atoms with E-state index in [1.54, 1.807) is 24.3 Å². The lowest BCUT2D eigenvalue weighted by molar-refractivity contribution is -0.121. The second kappa shape index (κ2) is 8.81. The summed E-state index contributed by atoms with van der Waals surface area (Å²) in [5.41, 5.74) is 3.98. The van der Waals surface area contributed by atoms with Crippen molar-refractivity contribution < 1.29 is 19.4 Å². The molecule has 0 unspecified atom stereocenters. The Labute approximate surface area is 153 Å². The number of methoxy groups -OCH3 is 1. The normalized spacial score (nSPS) is 11.2. The Balaban J connectivity index is 1.95. The Morgan fingerprint density at radius 1 is 0.923 bits per heavy atom. The molecule has 0 saturated carbocycles. The molecule has 0 aliphatic rings. The topological polar surface area (TPSA) is 63.6 Å². The Bertz CT molecular complexity index is 876. The number of carbonyl (C=O) groups is 2. The van der Waals surface area contributed by atoms with Gasteiger partial charge < -0.3 is 9.84 Å². The van der Waals surface area contributed by atoms with Crippen LogP contribution in [0.4, 0.5) is 0 Å². The third-order valence-electron chi connectivity index (χ3n) is 4.01. The first kappa shape index (κ1) is 19.2. The Morgan fingerprint density at radius 2 is 1.50 bits per heavy atom. The first-order chi connectivity index (χ1) is 12.4. The van der Waals surface area contributed by atoms with Crippen molar-refractivity contribution in [2.75, 3.05) is 7.11 Å². The summed E-state index contributed by atoms with van der Waals surface area (Å²) in [5, 5.41) is 9.55. The summed E-state index contributed by atoms with van der Waals surface area (Å²) in [7, 11) is 1.45. The molecule has 0 spiro atoms. The zero-order valence-electron chi connectivity index (χ0n) is 15.2. The molecule has 2 aromatic rings. The predicted octanol–water partition coefficient (Wildman–Crippen LogP) is 4.27. The van der Waals surface area contributed by atoms with Crippen LogP contribution in [0, 0.1) is 13.8 Å². The number of rotatable bonds is 7. The van der Waals surface area contributed by atoms with Crippen LogP contribution < -0.4 is 4.74 Å². The maximum Gasteiger partial charge on any atom is 0.163 e. The van der Waals surface area contributed by atoms with Crippen LogP contribution >= 0.6 is 0 Å². The van der Waals surface area contributed by atoms with Crippen molar-refractivity contribution in [3.05, 3.63) is 70.8 Å². The predicted molar refractivity (Wildman–Crippen MR) is 103 cm³/mol. The molecule has 0 aliphatic heterocycles. The number of phenols is 1. The van der Waals surface area contributed by atoms with E-state index < -0.39 is 0 Å². The van der Waals surface area contributed by atoms with Gasteiger partial charge in [0.15, 0.2) is 23.1 Å². The molecule has 4 nitrogen and oxygen atoms in total. The van der Waals surface area contributed by atoms with Crippen molar-refractivity contribution in [1.29, 1.82) is 0 Å². The van der Waals surface area contributed by atoms with Gasteiger partial charge >= 0.3 is 0 Å². The molecule has 134 valence electrons. The van der Waals surface area contributed by atoms with Crippen LogP contribution in [0.5, 0.6) is 11.5 Å². The number of ether oxygens (including phenoxy) is 1. The molecule has 0 aliphatic carbocycles. The number of benzene rings is 2. The van der Waals surface area contributed by atoms with Crippen molar-refractivity contribution >= 4 is 23.7 Å². The number of aromatic hydroxyl groups is 1. The molecule has 0 aromatic heterocycles. The number of hydrogen-bond donors (Lipinski definition) is 1. The van der Waals surface area contributed by atoms with Crippen LogP contribution in [0.25, 0.3) is 12.2 Å². The summed E-state index contributed by atoms with van der Waals surface area (Å²) < 4.78 is 5.01. The maximum atomic E-state index is 11.9. The van der Waals surface area contributed by atoms with Crippen LogP contribution in [-0.4, -0.2) is 23.8 Å². The van der Waals surface area contributed by atoms with Crippen LogP contribution in [0.15, 0.2) is 48.6 Å². The summed E-state index contributed by atoms with van der Waals surface area (Å²) in [5.74, 6) is -0.178. The zero-order chi connectivity index (χ0) is 19.1. The molecule has 2 rings (SSSR count). The summed E-state index contributed by atoms with van der Waals surface area (Å²) in [4.78, 5) is 23.9. The van der Waals surface area contributed by atoms with E-state index in [0.29, 0.717) is 11.3 Å². The number of aryl methyl sites for hydroxylation is 2.